The average molecular weight is 454 g/mol. The minimum Gasteiger partial charge on any atom is -0.508 e. The van der Waals surface area contributed by atoms with E-state index in [1.54, 1.807) is 36.4 Å². The summed E-state index contributed by atoms with van der Waals surface area (Å²) in [5.41, 5.74) is 4.66. The number of hydrogen-bond acceptors (Lipinski definition) is 3. The fourth-order valence-electron chi connectivity index (χ4n) is 4.28. The van der Waals surface area contributed by atoms with Crippen LogP contribution >= 0.6 is 0 Å². The molecular weight excluding hydrogens is 430 g/mol. The third-order valence-corrected chi connectivity index (χ3v) is 7.66. The summed E-state index contributed by atoms with van der Waals surface area (Å²) in [4.78, 5) is 0.229. The van der Waals surface area contributed by atoms with Crippen molar-refractivity contribution in [2.75, 3.05) is 0 Å². The Hall–Kier alpha value is -3.83. The minimum absolute atomic E-state index is 0.140. The first kappa shape index (κ1) is 21.0. The number of hydrogen-bond donors (Lipinski definition) is 1. The first-order valence-corrected chi connectivity index (χ1v) is 12.2. The van der Waals surface area contributed by atoms with Crippen molar-refractivity contribution in [2.45, 2.75) is 18.2 Å². The number of rotatable bonds is 5. The number of aryl methyl sites for hydroxylation is 1. The van der Waals surface area contributed by atoms with Crippen LogP contribution in [0.4, 0.5) is 0 Å². The highest BCUT2D eigenvalue weighted by Gasteiger charge is 2.28. The Morgan fingerprint density at radius 3 is 2.12 bits per heavy atom. The molecule has 1 heterocycles. The molecule has 0 radical (unpaired) electrons. The molecule has 5 rings (SSSR count). The molecule has 0 spiro atoms. The first-order valence-electron chi connectivity index (χ1n) is 10.7. The lowest BCUT2D eigenvalue weighted by molar-refractivity contribution is 0.469. The average Bonchev–Trinajstić information content (AvgIpc) is 3.16. The highest BCUT2D eigenvalue weighted by molar-refractivity contribution is 7.90. The van der Waals surface area contributed by atoms with Gasteiger partial charge in [-0.3, -0.25) is 0 Å². The lowest BCUT2D eigenvalue weighted by atomic mass is 9.98. The molecule has 4 aromatic carbocycles. The monoisotopic (exact) mass is 453 g/mol. The Morgan fingerprint density at radius 2 is 1.39 bits per heavy atom. The van der Waals surface area contributed by atoms with Gasteiger partial charge in [0.15, 0.2) is 0 Å². The molecule has 0 aliphatic heterocycles. The zero-order chi connectivity index (χ0) is 23.0. The van der Waals surface area contributed by atoms with E-state index in [4.69, 9.17) is 0 Å². The number of benzene rings is 4. The predicted molar refractivity (Wildman–Crippen MR) is 132 cm³/mol. The van der Waals surface area contributed by atoms with E-state index >= 15 is 0 Å². The molecule has 33 heavy (non-hydrogen) atoms. The Kier molecular flexibility index (Phi) is 5.27. The number of phenolic OH excluding ortho intramolecular Hbond substituents is 1. The minimum atomic E-state index is -3.90. The second-order valence-corrected chi connectivity index (χ2v) is 9.88. The Labute approximate surface area is 193 Å². The van der Waals surface area contributed by atoms with Gasteiger partial charge in [0.25, 0.3) is 10.0 Å². The third kappa shape index (κ3) is 3.70. The Balaban J connectivity index is 1.87. The molecular formula is C28H23NO3S. The van der Waals surface area contributed by atoms with Crippen LogP contribution in [0, 0.1) is 6.92 Å². The molecule has 0 unspecified atom stereocenters. The van der Waals surface area contributed by atoms with E-state index < -0.39 is 10.0 Å². The summed E-state index contributed by atoms with van der Waals surface area (Å²) in [5.74, 6) is 0.140. The van der Waals surface area contributed by atoms with Crippen LogP contribution in [0.2, 0.25) is 0 Å². The molecule has 0 aliphatic rings. The van der Waals surface area contributed by atoms with Gasteiger partial charge in [-0.2, -0.15) is 0 Å². The highest BCUT2D eigenvalue weighted by atomic mass is 32.2. The summed E-state index contributed by atoms with van der Waals surface area (Å²) < 4.78 is 29.4. The van der Waals surface area contributed by atoms with Crippen LogP contribution < -0.4 is 0 Å². The van der Waals surface area contributed by atoms with E-state index in [1.807, 2.05) is 73.7 Å². The summed E-state index contributed by atoms with van der Waals surface area (Å²) in [5, 5.41) is 11.3. The SMILES string of the molecule is Cc1ccc(S(=O)(=O)n2c(Cc3ccccc3O)c(-c3ccccc3)c3ccccc32)cc1. The largest absolute Gasteiger partial charge is 0.508 e. The van der Waals surface area contributed by atoms with Crippen LogP contribution in [-0.4, -0.2) is 17.5 Å². The molecule has 1 aromatic heterocycles. The molecule has 0 saturated heterocycles. The highest BCUT2D eigenvalue weighted by Crippen LogP contribution is 2.39. The third-order valence-electron chi connectivity index (χ3n) is 5.90. The number of aromatic nitrogens is 1. The van der Waals surface area contributed by atoms with Crippen molar-refractivity contribution in [1.29, 1.82) is 0 Å². The van der Waals surface area contributed by atoms with Crippen LogP contribution in [0.1, 0.15) is 16.8 Å². The smallest absolute Gasteiger partial charge is 0.268 e. The van der Waals surface area contributed by atoms with Crippen molar-refractivity contribution in [2.24, 2.45) is 0 Å². The van der Waals surface area contributed by atoms with Crippen molar-refractivity contribution in [3.8, 4) is 16.9 Å². The number of aromatic hydroxyl groups is 1. The Bertz CT molecular complexity index is 1550. The summed E-state index contributed by atoms with van der Waals surface area (Å²) in [6.07, 6.45) is 0.261. The standard InChI is InChI=1S/C28H23NO3S/c1-20-15-17-23(18-16-20)33(31,32)29-25-13-7-6-12-24(25)28(21-9-3-2-4-10-21)26(29)19-22-11-5-8-14-27(22)30/h2-18,30H,19H2,1H3. The Morgan fingerprint density at radius 1 is 0.758 bits per heavy atom. The second-order valence-electron chi connectivity index (χ2n) is 8.09. The maximum atomic E-state index is 14.0. The molecule has 1 N–H and O–H groups in total. The summed E-state index contributed by atoms with van der Waals surface area (Å²) in [7, 11) is -3.90. The van der Waals surface area contributed by atoms with Gasteiger partial charge in [-0.15, -0.1) is 0 Å². The van der Waals surface area contributed by atoms with Gasteiger partial charge in [0.05, 0.1) is 10.4 Å². The van der Waals surface area contributed by atoms with Gasteiger partial charge in [0.1, 0.15) is 5.75 Å². The molecule has 164 valence electrons. The quantitative estimate of drug-likeness (QED) is 0.347. The molecule has 0 bridgehead atoms. The van der Waals surface area contributed by atoms with Gasteiger partial charge in [0.2, 0.25) is 0 Å². The van der Waals surface area contributed by atoms with Crippen LogP contribution in [0.5, 0.6) is 5.75 Å². The maximum Gasteiger partial charge on any atom is 0.268 e. The predicted octanol–water partition coefficient (Wildman–Crippen LogP) is 6.15. The fourth-order valence-corrected chi connectivity index (χ4v) is 5.84. The van der Waals surface area contributed by atoms with E-state index in [1.165, 1.54) is 3.97 Å². The van der Waals surface area contributed by atoms with Gasteiger partial charge < -0.3 is 5.11 Å². The zero-order valence-electron chi connectivity index (χ0n) is 18.1. The van der Waals surface area contributed by atoms with E-state index in [0.717, 1.165) is 22.1 Å². The molecule has 4 nitrogen and oxygen atoms in total. The molecule has 0 aliphatic carbocycles. The van der Waals surface area contributed by atoms with E-state index in [-0.39, 0.29) is 17.1 Å². The van der Waals surface area contributed by atoms with Gasteiger partial charge in [0, 0.05) is 23.1 Å². The van der Waals surface area contributed by atoms with E-state index in [0.29, 0.717) is 16.8 Å². The first-order chi connectivity index (χ1) is 16.0. The second kappa shape index (κ2) is 8.26. The lowest BCUT2D eigenvalue weighted by Crippen LogP contribution is -2.16. The van der Waals surface area contributed by atoms with Crippen LogP contribution in [0.25, 0.3) is 22.0 Å². The number of para-hydroxylation sites is 2. The van der Waals surface area contributed by atoms with E-state index in [2.05, 4.69) is 0 Å². The summed E-state index contributed by atoms with van der Waals surface area (Å²) in [6, 6.07) is 31.3. The van der Waals surface area contributed by atoms with Crippen LogP contribution in [0.15, 0.2) is 108 Å². The van der Waals surface area contributed by atoms with E-state index in [9.17, 15) is 13.5 Å². The molecule has 5 heteroatoms. The van der Waals surface area contributed by atoms with Crippen molar-refractivity contribution in [1.82, 2.24) is 3.97 Å². The van der Waals surface area contributed by atoms with Crippen LogP contribution in [-0.2, 0) is 16.4 Å². The maximum absolute atomic E-state index is 14.0. The van der Waals surface area contributed by atoms with Crippen molar-refractivity contribution in [3.05, 3.63) is 120 Å². The topological polar surface area (TPSA) is 59.3 Å². The lowest BCUT2D eigenvalue weighted by Gasteiger charge is -2.14. The molecule has 0 fully saturated rings. The fraction of sp³-hybridized carbons (Fsp3) is 0.0714. The number of phenols is 1. The van der Waals surface area contributed by atoms with Gasteiger partial charge in [-0.05, 0) is 42.3 Å². The molecule has 5 aromatic rings. The van der Waals surface area contributed by atoms with Crippen molar-refractivity contribution < 1.29 is 13.5 Å². The summed E-state index contributed by atoms with van der Waals surface area (Å²) >= 11 is 0. The zero-order valence-corrected chi connectivity index (χ0v) is 19.0. The molecule has 0 amide bonds. The number of nitrogens with zero attached hydrogens (tertiary/aromatic N) is 1. The van der Waals surface area contributed by atoms with Crippen molar-refractivity contribution >= 4 is 20.9 Å². The number of fused-ring (bicyclic) bond motifs is 1. The molecule has 0 atom stereocenters. The van der Waals surface area contributed by atoms with Crippen molar-refractivity contribution in [3.63, 3.8) is 0 Å². The summed E-state index contributed by atoms with van der Waals surface area (Å²) in [6.45, 7) is 1.93. The van der Waals surface area contributed by atoms with Crippen LogP contribution in [0.3, 0.4) is 0 Å². The molecule has 0 saturated carbocycles. The normalized spacial score (nSPS) is 11.7. The van der Waals surface area contributed by atoms with Gasteiger partial charge >= 0.3 is 0 Å². The van der Waals surface area contributed by atoms with Gasteiger partial charge in [-0.1, -0.05) is 84.4 Å². The van der Waals surface area contributed by atoms with Gasteiger partial charge in [-0.25, -0.2) is 12.4 Å².